The maximum absolute atomic E-state index is 12.0. The number of hydrogen-bond acceptors (Lipinski definition) is 5. The summed E-state index contributed by atoms with van der Waals surface area (Å²) in [5.41, 5.74) is -1.18. The van der Waals surface area contributed by atoms with Crippen LogP contribution in [0.1, 0.15) is 35.7 Å². The average Bonchev–Trinajstić information content (AvgIpc) is 3.12. The second kappa shape index (κ2) is 6.15. The van der Waals surface area contributed by atoms with Crippen LogP contribution in [0.25, 0.3) is 0 Å². The van der Waals surface area contributed by atoms with Crippen LogP contribution in [0.4, 0.5) is 0 Å². The van der Waals surface area contributed by atoms with Gasteiger partial charge in [0.25, 0.3) is 11.7 Å². The molecule has 0 aliphatic rings. The van der Waals surface area contributed by atoms with Crippen molar-refractivity contribution >= 4 is 11.7 Å². The topological polar surface area (TPSA) is 97.4 Å². The Hall–Kier alpha value is -2.41. The van der Waals surface area contributed by atoms with Crippen LogP contribution in [0, 0.1) is 6.92 Å². The van der Waals surface area contributed by atoms with Gasteiger partial charge in [-0.2, -0.15) is 5.10 Å². The van der Waals surface area contributed by atoms with Gasteiger partial charge in [-0.25, -0.2) is 0 Å². The predicted molar refractivity (Wildman–Crippen MR) is 78.3 cm³/mol. The summed E-state index contributed by atoms with van der Waals surface area (Å²) in [5.74, 6) is -0.494. The molecule has 2 rings (SSSR count). The number of aromatic nitrogens is 2. The second-order valence-electron chi connectivity index (χ2n) is 5.28. The van der Waals surface area contributed by atoms with Crippen LogP contribution in [0.5, 0.6) is 0 Å². The minimum absolute atomic E-state index is 0.132. The maximum Gasteiger partial charge on any atom is 0.292 e. The van der Waals surface area contributed by atoms with Crippen LogP contribution in [0.3, 0.4) is 0 Å². The van der Waals surface area contributed by atoms with E-state index in [4.69, 9.17) is 4.42 Å². The third-order valence-electron chi connectivity index (χ3n) is 3.29. The van der Waals surface area contributed by atoms with E-state index in [1.54, 1.807) is 23.7 Å². The SMILES string of the molecule is CCn1cc(C(=O)C(=O)NCC(C)(O)c2ccc(C)o2)cn1. The molecular weight excluding hydrogens is 286 g/mol. The Labute approximate surface area is 127 Å². The van der Waals surface area contributed by atoms with E-state index in [1.807, 2.05) is 6.92 Å². The molecule has 0 spiro atoms. The van der Waals surface area contributed by atoms with Gasteiger partial charge in [0.15, 0.2) is 0 Å². The minimum atomic E-state index is -1.39. The summed E-state index contributed by atoms with van der Waals surface area (Å²) < 4.78 is 6.90. The minimum Gasteiger partial charge on any atom is -0.463 e. The molecule has 2 heterocycles. The first-order valence-corrected chi connectivity index (χ1v) is 6.97. The number of nitrogens with zero attached hydrogens (tertiary/aromatic N) is 2. The molecular formula is C15H19N3O4. The summed E-state index contributed by atoms with van der Waals surface area (Å²) in [5, 5.41) is 16.7. The normalized spacial score (nSPS) is 13.6. The zero-order valence-corrected chi connectivity index (χ0v) is 12.8. The van der Waals surface area contributed by atoms with Crippen molar-refractivity contribution in [2.75, 3.05) is 6.54 Å². The van der Waals surface area contributed by atoms with Crippen LogP contribution in [0.2, 0.25) is 0 Å². The van der Waals surface area contributed by atoms with E-state index >= 15 is 0 Å². The van der Waals surface area contributed by atoms with Crippen molar-refractivity contribution in [1.82, 2.24) is 15.1 Å². The number of hydrogen-bond donors (Lipinski definition) is 2. The first kappa shape index (κ1) is 16.0. The number of rotatable bonds is 6. The fraction of sp³-hybridized carbons (Fsp3) is 0.400. The number of nitrogens with one attached hydrogen (secondary N) is 1. The Morgan fingerprint density at radius 1 is 1.45 bits per heavy atom. The molecule has 1 amide bonds. The molecule has 0 aliphatic carbocycles. The zero-order chi connectivity index (χ0) is 16.3. The molecule has 0 radical (unpaired) electrons. The van der Waals surface area contributed by atoms with Crippen LogP contribution >= 0.6 is 0 Å². The Bertz CT molecular complexity index is 685. The summed E-state index contributed by atoms with van der Waals surface area (Å²) in [7, 11) is 0. The second-order valence-corrected chi connectivity index (χ2v) is 5.28. The lowest BCUT2D eigenvalue weighted by Gasteiger charge is -2.20. The van der Waals surface area contributed by atoms with Gasteiger partial charge < -0.3 is 14.8 Å². The standard InChI is InChI=1S/C15H19N3O4/c1-4-18-8-11(7-17-18)13(19)14(20)16-9-15(3,21)12-6-5-10(2)22-12/h5-8,21H,4,9H2,1-3H3,(H,16,20). The molecule has 0 aromatic carbocycles. The molecule has 7 heteroatoms. The largest absolute Gasteiger partial charge is 0.463 e. The molecule has 0 saturated heterocycles. The summed E-state index contributed by atoms with van der Waals surface area (Å²) in [4.78, 5) is 23.8. The number of carbonyl (C=O) groups excluding carboxylic acids is 2. The summed E-state index contributed by atoms with van der Waals surface area (Å²) >= 11 is 0. The number of amides is 1. The van der Waals surface area contributed by atoms with Crippen molar-refractivity contribution in [3.05, 3.63) is 41.6 Å². The molecule has 0 bridgehead atoms. The molecule has 2 aromatic heterocycles. The highest BCUT2D eigenvalue weighted by molar-refractivity contribution is 6.42. The Balaban J connectivity index is 1.98. The van der Waals surface area contributed by atoms with Gasteiger partial charge in [-0.1, -0.05) is 0 Å². The molecule has 0 fully saturated rings. The van der Waals surface area contributed by atoms with E-state index in [9.17, 15) is 14.7 Å². The monoisotopic (exact) mass is 305 g/mol. The van der Waals surface area contributed by atoms with Crippen molar-refractivity contribution in [1.29, 1.82) is 0 Å². The Kier molecular flexibility index (Phi) is 4.46. The summed E-state index contributed by atoms with van der Waals surface area (Å²) in [6.45, 7) is 5.62. The van der Waals surface area contributed by atoms with E-state index in [2.05, 4.69) is 10.4 Å². The number of ketones is 1. The van der Waals surface area contributed by atoms with Crippen molar-refractivity contribution in [3.8, 4) is 0 Å². The smallest absolute Gasteiger partial charge is 0.292 e. The lowest BCUT2D eigenvalue weighted by molar-refractivity contribution is -0.118. The predicted octanol–water partition coefficient (Wildman–Crippen LogP) is 1.01. The van der Waals surface area contributed by atoms with Gasteiger partial charge in [0, 0.05) is 12.7 Å². The molecule has 2 N–H and O–H groups in total. The first-order chi connectivity index (χ1) is 10.3. The van der Waals surface area contributed by atoms with Gasteiger partial charge in [0.1, 0.15) is 17.1 Å². The van der Waals surface area contributed by atoms with Gasteiger partial charge in [0.2, 0.25) is 0 Å². The van der Waals surface area contributed by atoms with E-state index in [-0.39, 0.29) is 12.1 Å². The van der Waals surface area contributed by atoms with Crippen molar-refractivity contribution in [2.24, 2.45) is 0 Å². The number of aliphatic hydroxyl groups is 1. The fourth-order valence-electron chi connectivity index (χ4n) is 1.93. The van der Waals surface area contributed by atoms with Gasteiger partial charge >= 0.3 is 0 Å². The van der Waals surface area contributed by atoms with E-state index in [0.717, 1.165) is 0 Å². The quantitative estimate of drug-likeness (QED) is 0.613. The maximum atomic E-state index is 12.0. The molecule has 118 valence electrons. The lowest BCUT2D eigenvalue weighted by Crippen LogP contribution is -2.41. The van der Waals surface area contributed by atoms with Crippen molar-refractivity contribution in [3.63, 3.8) is 0 Å². The highest BCUT2D eigenvalue weighted by atomic mass is 16.4. The van der Waals surface area contributed by atoms with E-state index in [0.29, 0.717) is 18.1 Å². The van der Waals surface area contributed by atoms with Crippen LogP contribution < -0.4 is 5.32 Å². The van der Waals surface area contributed by atoms with E-state index < -0.39 is 17.3 Å². The first-order valence-electron chi connectivity index (χ1n) is 6.97. The third-order valence-corrected chi connectivity index (χ3v) is 3.29. The highest BCUT2D eigenvalue weighted by Crippen LogP contribution is 2.21. The number of carbonyl (C=O) groups is 2. The Morgan fingerprint density at radius 2 is 2.18 bits per heavy atom. The Morgan fingerprint density at radius 3 is 2.73 bits per heavy atom. The third kappa shape index (κ3) is 3.43. The average molecular weight is 305 g/mol. The van der Waals surface area contributed by atoms with Gasteiger partial charge in [-0.3, -0.25) is 14.3 Å². The van der Waals surface area contributed by atoms with Crippen molar-refractivity contribution < 1.29 is 19.1 Å². The molecule has 0 saturated carbocycles. The fourth-order valence-corrected chi connectivity index (χ4v) is 1.93. The molecule has 1 unspecified atom stereocenters. The van der Waals surface area contributed by atoms with Gasteiger partial charge in [0.05, 0.1) is 18.3 Å². The van der Waals surface area contributed by atoms with Crippen LogP contribution in [0.15, 0.2) is 28.9 Å². The summed E-state index contributed by atoms with van der Waals surface area (Å²) in [6, 6.07) is 3.35. The lowest BCUT2D eigenvalue weighted by atomic mass is 10.0. The number of furan rings is 1. The van der Waals surface area contributed by atoms with Crippen LogP contribution in [-0.2, 0) is 16.9 Å². The number of aryl methyl sites for hydroxylation is 2. The molecule has 7 nitrogen and oxygen atoms in total. The molecule has 0 aliphatic heterocycles. The molecule has 1 atom stereocenters. The van der Waals surface area contributed by atoms with Gasteiger partial charge in [-0.15, -0.1) is 0 Å². The van der Waals surface area contributed by atoms with Gasteiger partial charge in [-0.05, 0) is 32.9 Å². The number of Topliss-reactive ketones (excluding diaryl/α,β-unsaturated/α-hetero) is 1. The zero-order valence-electron chi connectivity index (χ0n) is 12.8. The molecule has 2 aromatic rings. The van der Waals surface area contributed by atoms with Crippen molar-refractivity contribution in [2.45, 2.75) is 32.9 Å². The summed E-state index contributed by atoms with van der Waals surface area (Å²) in [6.07, 6.45) is 2.86. The molecule has 22 heavy (non-hydrogen) atoms. The van der Waals surface area contributed by atoms with E-state index in [1.165, 1.54) is 19.3 Å². The van der Waals surface area contributed by atoms with Crippen LogP contribution in [-0.4, -0.2) is 33.1 Å². The highest BCUT2D eigenvalue weighted by Gasteiger charge is 2.29.